The van der Waals surface area contributed by atoms with Gasteiger partial charge in [-0.25, -0.2) is 8.42 Å². The van der Waals surface area contributed by atoms with Gasteiger partial charge in [0.25, 0.3) is 5.91 Å². The summed E-state index contributed by atoms with van der Waals surface area (Å²) in [7, 11) is -1.92. The number of rotatable bonds is 5. The van der Waals surface area contributed by atoms with Crippen molar-refractivity contribution in [1.29, 1.82) is 0 Å². The summed E-state index contributed by atoms with van der Waals surface area (Å²) in [4.78, 5) is 14.6. The summed E-state index contributed by atoms with van der Waals surface area (Å²) in [6.45, 7) is 2.85. The van der Waals surface area contributed by atoms with Gasteiger partial charge in [0.05, 0.1) is 4.90 Å². The molecule has 0 radical (unpaired) electrons. The molecule has 0 aliphatic carbocycles. The van der Waals surface area contributed by atoms with E-state index in [4.69, 9.17) is 11.6 Å². The second-order valence-electron chi connectivity index (χ2n) is 7.28. The van der Waals surface area contributed by atoms with Crippen molar-refractivity contribution in [3.8, 4) is 0 Å². The first-order valence-electron chi connectivity index (χ1n) is 9.41. The number of benzene rings is 2. The molecule has 1 atom stereocenters. The first kappa shape index (κ1) is 20.8. The van der Waals surface area contributed by atoms with Gasteiger partial charge in [-0.2, -0.15) is 4.31 Å². The predicted octanol–water partition coefficient (Wildman–Crippen LogP) is 4.18. The molecule has 1 fully saturated rings. The fourth-order valence-electron chi connectivity index (χ4n) is 3.56. The highest BCUT2D eigenvalue weighted by Gasteiger charge is 2.31. The molecule has 150 valence electrons. The smallest absolute Gasteiger partial charge is 0.253 e. The van der Waals surface area contributed by atoms with Crippen molar-refractivity contribution in [2.24, 2.45) is 0 Å². The fraction of sp³-hybridized carbons (Fsp3) is 0.381. The van der Waals surface area contributed by atoms with Crippen LogP contribution in [0.3, 0.4) is 0 Å². The van der Waals surface area contributed by atoms with Gasteiger partial charge < -0.3 is 4.90 Å². The van der Waals surface area contributed by atoms with Crippen molar-refractivity contribution in [2.75, 3.05) is 13.6 Å². The number of carbonyl (C=O) groups excluding carboxylic acids is 1. The molecule has 1 aliphatic heterocycles. The lowest BCUT2D eigenvalue weighted by atomic mass is 10.1. The highest BCUT2D eigenvalue weighted by atomic mass is 35.5. The number of hydrogen-bond acceptors (Lipinski definition) is 3. The lowest BCUT2D eigenvalue weighted by molar-refractivity contribution is 0.0785. The SMILES string of the molecule is CC1CCCCN1S(=O)(=O)c1cccc(C(=O)N(C)Cc2cccc(Cl)c2)c1. The van der Waals surface area contributed by atoms with Crippen LogP contribution in [0.2, 0.25) is 5.02 Å². The Morgan fingerprint density at radius 2 is 1.93 bits per heavy atom. The van der Waals surface area contributed by atoms with E-state index in [-0.39, 0.29) is 16.8 Å². The van der Waals surface area contributed by atoms with E-state index < -0.39 is 10.0 Å². The normalized spacial score (nSPS) is 18.0. The summed E-state index contributed by atoms with van der Waals surface area (Å²) in [6.07, 6.45) is 2.77. The number of amides is 1. The van der Waals surface area contributed by atoms with Crippen LogP contribution in [0.25, 0.3) is 0 Å². The molecule has 5 nitrogen and oxygen atoms in total. The van der Waals surface area contributed by atoms with Gasteiger partial charge in [-0.3, -0.25) is 4.79 Å². The first-order chi connectivity index (χ1) is 13.3. The van der Waals surface area contributed by atoms with Crippen LogP contribution in [0.15, 0.2) is 53.4 Å². The summed E-state index contributed by atoms with van der Waals surface area (Å²) < 4.78 is 27.7. The zero-order chi connectivity index (χ0) is 20.3. The fourth-order valence-corrected chi connectivity index (χ4v) is 5.51. The Morgan fingerprint density at radius 1 is 1.18 bits per heavy atom. The summed E-state index contributed by atoms with van der Waals surface area (Å²) in [5.41, 5.74) is 1.27. The number of nitrogens with zero attached hydrogens (tertiary/aromatic N) is 2. The third-order valence-electron chi connectivity index (χ3n) is 5.09. The summed E-state index contributed by atoms with van der Waals surface area (Å²) in [5, 5.41) is 0.613. The Balaban J connectivity index is 1.81. The molecule has 0 N–H and O–H groups in total. The molecule has 0 spiro atoms. The second kappa shape index (κ2) is 8.64. The van der Waals surface area contributed by atoms with E-state index in [0.717, 1.165) is 24.8 Å². The van der Waals surface area contributed by atoms with Crippen LogP contribution in [-0.2, 0) is 16.6 Å². The van der Waals surface area contributed by atoms with Crippen molar-refractivity contribution in [3.63, 3.8) is 0 Å². The largest absolute Gasteiger partial charge is 0.337 e. The van der Waals surface area contributed by atoms with E-state index in [9.17, 15) is 13.2 Å². The van der Waals surface area contributed by atoms with E-state index >= 15 is 0 Å². The van der Waals surface area contributed by atoms with Crippen LogP contribution in [-0.4, -0.2) is 43.2 Å². The van der Waals surface area contributed by atoms with E-state index in [1.807, 2.05) is 25.1 Å². The third-order valence-corrected chi connectivity index (χ3v) is 7.33. The second-order valence-corrected chi connectivity index (χ2v) is 9.61. The highest BCUT2D eigenvalue weighted by molar-refractivity contribution is 7.89. The average Bonchev–Trinajstić information content (AvgIpc) is 2.67. The summed E-state index contributed by atoms with van der Waals surface area (Å²) in [6, 6.07) is 13.6. The molecule has 0 saturated carbocycles. The maximum atomic E-state index is 13.1. The molecular formula is C21H25ClN2O3S. The topological polar surface area (TPSA) is 57.7 Å². The summed E-state index contributed by atoms with van der Waals surface area (Å²) >= 11 is 6.01. The van der Waals surface area contributed by atoms with Gasteiger partial charge in [0.1, 0.15) is 0 Å². The molecule has 7 heteroatoms. The molecule has 0 aromatic heterocycles. The molecule has 3 rings (SSSR count). The quantitative estimate of drug-likeness (QED) is 0.729. The van der Waals surface area contributed by atoms with E-state index in [1.165, 1.54) is 6.07 Å². The predicted molar refractivity (Wildman–Crippen MR) is 111 cm³/mol. The highest BCUT2D eigenvalue weighted by Crippen LogP contribution is 2.26. The Hall–Kier alpha value is -1.89. The number of sulfonamides is 1. The van der Waals surface area contributed by atoms with Crippen molar-refractivity contribution < 1.29 is 13.2 Å². The maximum absolute atomic E-state index is 13.1. The Kier molecular flexibility index (Phi) is 6.43. The number of hydrogen-bond donors (Lipinski definition) is 0. The third kappa shape index (κ3) is 4.57. The van der Waals surface area contributed by atoms with Gasteiger partial charge in [-0.05, 0) is 55.7 Å². The Bertz CT molecular complexity index is 962. The molecule has 2 aromatic carbocycles. The summed E-state index contributed by atoms with van der Waals surface area (Å²) in [5.74, 6) is -0.233. The molecule has 1 saturated heterocycles. The van der Waals surface area contributed by atoms with Crippen LogP contribution < -0.4 is 0 Å². The van der Waals surface area contributed by atoms with Gasteiger partial charge in [0, 0.05) is 36.8 Å². The van der Waals surface area contributed by atoms with Crippen LogP contribution in [0.5, 0.6) is 0 Å². The standard InChI is InChI=1S/C21H25ClN2O3S/c1-16-7-3-4-12-24(16)28(26,27)20-11-6-9-18(14-20)21(25)23(2)15-17-8-5-10-19(22)13-17/h5-6,8-11,13-14,16H,3-4,7,12,15H2,1-2H3. The van der Waals surface area contributed by atoms with Crippen molar-refractivity contribution in [3.05, 3.63) is 64.7 Å². The molecule has 28 heavy (non-hydrogen) atoms. The minimum atomic E-state index is -3.61. The zero-order valence-electron chi connectivity index (χ0n) is 16.1. The van der Waals surface area contributed by atoms with Gasteiger partial charge in [-0.15, -0.1) is 0 Å². The van der Waals surface area contributed by atoms with Crippen LogP contribution >= 0.6 is 11.6 Å². The number of halogens is 1. The molecule has 0 bridgehead atoms. The Labute approximate surface area is 172 Å². The lowest BCUT2D eigenvalue weighted by Gasteiger charge is -2.32. The lowest BCUT2D eigenvalue weighted by Crippen LogP contribution is -2.42. The van der Waals surface area contributed by atoms with Crippen molar-refractivity contribution in [2.45, 2.75) is 43.7 Å². The minimum Gasteiger partial charge on any atom is -0.337 e. The first-order valence-corrected chi connectivity index (χ1v) is 11.2. The van der Waals surface area contributed by atoms with Crippen LogP contribution in [0.1, 0.15) is 42.1 Å². The number of carbonyl (C=O) groups is 1. The minimum absolute atomic E-state index is 0.0244. The van der Waals surface area contributed by atoms with E-state index in [0.29, 0.717) is 23.7 Å². The molecule has 1 amide bonds. The Morgan fingerprint density at radius 3 is 2.64 bits per heavy atom. The van der Waals surface area contributed by atoms with Crippen molar-refractivity contribution in [1.82, 2.24) is 9.21 Å². The zero-order valence-corrected chi connectivity index (χ0v) is 17.7. The molecule has 2 aromatic rings. The molecule has 1 heterocycles. The van der Waals surface area contributed by atoms with Crippen LogP contribution in [0.4, 0.5) is 0 Å². The van der Waals surface area contributed by atoms with Gasteiger partial charge in [0.15, 0.2) is 0 Å². The monoisotopic (exact) mass is 420 g/mol. The van der Waals surface area contributed by atoms with Crippen molar-refractivity contribution >= 4 is 27.5 Å². The van der Waals surface area contributed by atoms with Crippen LogP contribution in [0, 0.1) is 0 Å². The van der Waals surface area contributed by atoms with E-state index in [1.54, 1.807) is 40.5 Å². The average molecular weight is 421 g/mol. The molecule has 1 unspecified atom stereocenters. The number of piperidine rings is 1. The molecule has 1 aliphatic rings. The van der Waals surface area contributed by atoms with E-state index in [2.05, 4.69) is 0 Å². The van der Waals surface area contributed by atoms with Gasteiger partial charge >= 0.3 is 0 Å². The van der Waals surface area contributed by atoms with Gasteiger partial charge in [-0.1, -0.05) is 36.2 Å². The maximum Gasteiger partial charge on any atom is 0.253 e. The molecular weight excluding hydrogens is 396 g/mol. The van der Waals surface area contributed by atoms with Gasteiger partial charge in [0.2, 0.25) is 10.0 Å².